The molecule has 16 heavy (non-hydrogen) atoms. The Kier molecular flexibility index (Phi) is 3.56. The van der Waals surface area contributed by atoms with E-state index in [1.54, 1.807) is 12.4 Å². The second-order valence-corrected chi connectivity index (χ2v) is 4.81. The summed E-state index contributed by atoms with van der Waals surface area (Å²) in [5.41, 5.74) is 6.74. The first-order valence-corrected chi connectivity index (χ1v) is 6.06. The molecule has 0 aromatic carbocycles. The van der Waals surface area contributed by atoms with E-state index in [1.807, 2.05) is 12.1 Å². The first-order chi connectivity index (χ1) is 7.78. The molecule has 0 radical (unpaired) electrons. The van der Waals surface area contributed by atoms with Crippen molar-refractivity contribution in [1.29, 1.82) is 0 Å². The molecule has 1 atom stereocenters. The third-order valence-corrected chi connectivity index (χ3v) is 3.86. The van der Waals surface area contributed by atoms with Crippen LogP contribution in [0.3, 0.4) is 0 Å². The van der Waals surface area contributed by atoms with E-state index in [0.717, 1.165) is 18.4 Å². The van der Waals surface area contributed by atoms with Crippen LogP contribution in [-0.4, -0.2) is 16.6 Å². The molecule has 3 heteroatoms. The molecule has 1 saturated carbocycles. The van der Waals surface area contributed by atoms with Crippen molar-refractivity contribution in [3.63, 3.8) is 0 Å². The van der Waals surface area contributed by atoms with Gasteiger partial charge in [-0.1, -0.05) is 19.3 Å². The minimum Gasteiger partial charge on any atom is -0.388 e. The monoisotopic (exact) mass is 220 g/mol. The van der Waals surface area contributed by atoms with Crippen LogP contribution in [0.5, 0.6) is 0 Å². The van der Waals surface area contributed by atoms with Gasteiger partial charge in [0.25, 0.3) is 0 Å². The highest BCUT2D eigenvalue weighted by atomic mass is 16.3. The van der Waals surface area contributed by atoms with Crippen LogP contribution in [0.25, 0.3) is 0 Å². The molecule has 1 aliphatic rings. The molecule has 1 aliphatic carbocycles. The van der Waals surface area contributed by atoms with Gasteiger partial charge in [-0.3, -0.25) is 4.98 Å². The third kappa shape index (κ3) is 2.11. The van der Waals surface area contributed by atoms with Crippen molar-refractivity contribution in [2.45, 2.75) is 38.2 Å². The van der Waals surface area contributed by atoms with Gasteiger partial charge in [-0.05, 0) is 30.5 Å². The van der Waals surface area contributed by atoms with E-state index in [0.29, 0.717) is 6.54 Å². The second kappa shape index (κ2) is 4.93. The van der Waals surface area contributed by atoms with Gasteiger partial charge in [-0.25, -0.2) is 0 Å². The maximum atomic E-state index is 10.5. The zero-order chi connectivity index (χ0) is 11.4. The third-order valence-electron chi connectivity index (χ3n) is 3.86. The summed E-state index contributed by atoms with van der Waals surface area (Å²) in [6, 6.07) is 3.77. The highest BCUT2D eigenvalue weighted by molar-refractivity contribution is 5.16. The lowest BCUT2D eigenvalue weighted by Gasteiger charge is -2.40. The molecule has 2 rings (SSSR count). The summed E-state index contributed by atoms with van der Waals surface area (Å²) < 4.78 is 0. The van der Waals surface area contributed by atoms with Crippen molar-refractivity contribution in [3.05, 3.63) is 30.1 Å². The summed E-state index contributed by atoms with van der Waals surface area (Å²) in [6.45, 7) is 0.566. The largest absolute Gasteiger partial charge is 0.388 e. The molecule has 0 amide bonds. The van der Waals surface area contributed by atoms with Crippen molar-refractivity contribution in [2.24, 2.45) is 11.1 Å². The Bertz CT molecular complexity index is 320. The highest BCUT2D eigenvalue weighted by Crippen LogP contribution is 2.44. The number of nitrogens with zero attached hydrogens (tertiary/aromatic N) is 1. The van der Waals surface area contributed by atoms with E-state index in [4.69, 9.17) is 5.73 Å². The van der Waals surface area contributed by atoms with Gasteiger partial charge in [0, 0.05) is 24.4 Å². The van der Waals surface area contributed by atoms with Crippen LogP contribution in [0.2, 0.25) is 0 Å². The number of aliphatic hydroxyl groups is 1. The fourth-order valence-corrected chi connectivity index (χ4v) is 2.74. The number of aliphatic hydroxyl groups excluding tert-OH is 1. The summed E-state index contributed by atoms with van der Waals surface area (Å²) in [5, 5.41) is 10.5. The van der Waals surface area contributed by atoms with Crippen LogP contribution in [-0.2, 0) is 0 Å². The predicted molar refractivity (Wildman–Crippen MR) is 63.8 cm³/mol. The Balaban J connectivity index is 2.20. The van der Waals surface area contributed by atoms with Crippen molar-refractivity contribution >= 4 is 0 Å². The second-order valence-electron chi connectivity index (χ2n) is 4.81. The molecule has 0 bridgehead atoms. The molecule has 3 nitrogen and oxygen atoms in total. The van der Waals surface area contributed by atoms with Crippen LogP contribution in [0.4, 0.5) is 0 Å². The first-order valence-electron chi connectivity index (χ1n) is 6.06. The average Bonchev–Trinajstić information content (AvgIpc) is 2.39. The normalized spacial score (nSPS) is 21.6. The van der Waals surface area contributed by atoms with Gasteiger partial charge in [-0.15, -0.1) is 0 Å². The minimum absolute atomic E-state index is 0.112. The van der Waals surface area contributed by atoms with Crippen LogP contribution < -0.4 is 5.73 Å². The zero-order valence-corrected chi connectivity index (χ0v) is 9.60. The van der Waals surface area contributed by atoms with Gasteiger partial charge < -0.3 is 10.8 Å². The Labute approximate surface area is 96.7 Å². The molecule has 1 aromatic rings. The minimum atomic E-state index is -0.444. The molecule has 1 fully saturated rings. The van der Waals surface area contributed by atoms with Crippen molar-refractivity contribution in [1.82, 2.24) is 4.98 Å². The zero-order valence-electron chi connectivity index (χ0n) is 9.60. The molecule has 0 spiro atoms. The van der Waals surface area contributed by atoms with Gasteiger partial charge in [-0.2, -0.15) is 0 Å². The maximum absolute atomic E-state index is 10.5. The molecule has 1 aromatic heterocycles. The summed E-state index contributed by atoms with van der Waals surface area (Å²) in [4.78, 5) is 3.98. The molecular formula is C13H20N2O. The smallest absolute Gasteiger partial charge is 0.0859 e. The highest BCUT2D eigenvalue weighted by Gasteiger charge is 2.38. The van der Waals surface area contributed by atoms with E-state index < -0.39 is 6.10 Å². The Morgan fingerprint density at radius 1 is 1.25 bits per heavy atom. The van der Waals surface area contributed by atoms with E-state index in [-0.39, 0.29) is 5.41 Å². The quantitative estimate of drug-likeness (QED) is 0.819. The SMILES string of the molecule is NCC1(C(O)c2ccncc2)CCCCC1. The topological polar surface area (TPSA) is 59.1 Å². The van der Waals surface area contributed by atoms with Gasteiger partial charge >= 0.3 is 0 Å². The number of pyridine rings is 1. The predicted octanol–water partition coefficient (Wildman–Crippen LogP) is 2.02. The molecule has 88 valence electrons. The van der Waals surface area contributed by atoms with Gasteiger partial charge in [0.2, 0.25) is 0 Å². The summed E-state index contributed by atoms with van der Waals surface area (Å²) in [7, 11) is 0. The maximum Gasteiger partial charge on any atom is 0.0859 e. The Hall–Kier alpha value is -0.930. The number of hydrogen-bond donors (Lipinski definition) is 2. The number of rotatable bonds is 3. The molecule has 0 aliphatic heterocycles. The van der Waals surface area contributed by atoms with Crippen molar-refractivity contribution < 1.29 is 5.11 Å². The number of hydrogen-bond acceptors (Lipinski definition) is 3. The summed E-state index contributed by atoms with van der Waals surface area (Å²) in [6.07, 6.45) is 8.71. The van der Waals surface area contributed by atoms with E-state index >= 15 is 0 Å². The molecule has 1 heterocycles. The standard InChI is InChI=1S/C13H20N2O/c14-10-13(6-2-1-3-7-13)12(16)11-4-8-15-9-5-11/h4-5,8-9,12,16H,1-3,6-7,10,14H2. The molecule has 3 N–H and O–H groups in total. The lowest BCUT2D eigenvalue weighted by molar-refractivity contribution is 0.000647. The number of nitrogens with two attached hydrogens (primary N) is 1. The fraction of sp³-hybridized carbons (Fsp3) is 0.615. The van der Waals surface area contributed by atoms with Crippen LogP contribution in [0, 0.1) is 5.41 Å². The number of aromatic nitrogens is 1. The summed E-state index contributed by atoms with van der Waals surface area (Å²) in [5.74, 6) is 0. The van der Waals surface area contributed by atoms with Gasteiger partial charge in [0.05, 0.1) is 6.10 Å². The van der Waals surface area contributed by atoms with Crippen LogP contribution in [0.15, 0.2) is 24.5 Å². The van der Waals surface area contributed by atoms with Crippen LogP contribution >= 0.6 is 0 Å². The summed E-state index contributed by atoms with van der Waals surface area (Å²) >= 11 is 0. The van der Waals surface area contributed by atoms with Gasteiger partial charge in [0.1, 0.15) is 0 Å². The fourth-order valence-electron chi connectivity index (χ4n) is 2.74. The van der Waals surface area contributed by atoms with Gasteiger partial charge in [0.15, 0.2) is 0 Å². The van der Waals surface area contributed by atoms with Crippen LogP contribution in [0.1, 0.15) is 43.8 Å². The van der Waals surface area contributed by atoms with E-state index in [1.165, 1.54) is 19.3 Å². The van der Waals surface area contributed by atoms with E-state index in [2.05, 4.69) is 4.98 Å². The van der Waals surface area contributed by atoms with E-state index in [9.17, 15) is 5.11 Å². The average molecular weight is 220 g/mol. The lowest BCUT2D eigenvalue weighted by Crippen LogP contribution is -2.38. The lowest BCUT2D eigenvalue weighted by atomic mass is 9.68. The first kappa shape index (κ1) is 11.6. The molecular weight excluding hydrogens is 200 g/mol. The Morgan fingerprint density at radius 3 is 2.44 bits per heavy atom. The van der Waals surface area contributed by atoms with Crippen molar-refractivity contribution in [2.75, 3.05) is 6.54 Å². The van der Waals surface area contributed by atoms with Crippen molar-refractivity contribution in [3.8, 4) is 0 Å². The Morgan fingerprint density at radius 2 is 1.88 bits per heavy atom. The molecule has 1 unspecified atom stereocenters. The molecule has 0 saturated heterocycles.